The van der Waals surface area contributed by atoms with Crippen molar-refractivity contribution in [2.24, 2.45) is 5.92 Å². The first-order valence-electron chi connectivity index (χ1n) is 7.15. The average molecular weight is 264 g/mol. The van der Waals surface area contributed by atoms with Crippen LogP contribution in [0.1, 0.15) is 30.8 Å². The lowest BCUT2D eigenvalue weighted by molar-refractivity contribution is -0.131. The maximum Gasteiger partial charge on any atom is 0.222 e. The van der Waals surface area contributed by atoms with E-state index in [4.69, 9.17) is 4.42 Å². The van der Waals surface area contributed by atoms with Gasteiger partial charge < -0.3 is 14.6 Å². The van der Waals surface area contributed by atoms with Gasteiger partial charge >= 0.3 is 0 Å². The maximum absolute atomic E-state index is 12.1. The van der Waals surface area contributed by atoms with Crippen molar-refractivity contribution < 1.29 is 9.21 Å². The van der Waals surface area contributed by atoms with Crippen LogP contribution >= 0.6 is 0 Å². The Kier molecular flexibility index (Phi) is 5.02. The minimum absolute atomic E-state index is 0.247. The molecule has 2 heterocycles. The number of aryl methyl sites for hydroxylation is 1. The molecule has 1 aliphatic heterocycles. The van der Waals surface area contributed by atoms with Gasteiger partial charge in [-0.3, -0.25) is 4.79 Å². The first-order chi connectivity index (χ1) is 9.15. The molecule has 2 rings (SSSR count). The van der Waals surface area contributed by atoms with Crippen LogP contribution in [0.2, 0.25) is 0 Å². The normalized spacial score (nSPS) is 19.4. The van der Waals surface area contributed by atoms with Crippen molar-refractivity contribution in [3.8, 4) is 0 Å². The quantitative estimate of drug-likeness (QED) is 0.884. The number of furan rings is 1. The van der Waals surface area contributed by atoms with Crippen molar-refractivity contribution in [3.05, 3.63) is 23.7 Å². The van der Waals surface area contributed by atoms with Gasteiger partial charge in [-0.1, -0.05) is 0 Å². The summed E-state index contributed by atoms with van der Waals surface area (Å²) in [6.07, 6.45) is 3.82. The molecule has 1 saturated heterocycles. The molecule has 1 unspecified atom stereocenters. The number of nitrogens with one attached hydrogen (secondary N) is 1. The van der Waals surface area contributed by atoms with Crippen LogP contribution in [0, 0.1) is 12.8 Å². The Balaban J connectivity index is 1.72. The van der Waals surface area contributed by atoms with Crippen LogP contribution < -0.4 is 5.32 Å². The smallest absolute Gasteiger partial charge is 0.222 e. The summed E-state index contributed by atoms with van der Waals surface area (Å²) in [5.41, 5.74) is 0. The number of hydrogen-bond acceptors (Lipinski definition) is 3. The third-order valence-electron chi connectivity index (χ3n) is 3.78. The zero-order chi connectivity index (χ0) is 13.7. The SMILES string of the molecule is Cc1ccc(CCN(C)C(=O)CC2CCCNC2)o1. The van der Waals surface area contributed by atoms with Gasteiger partial charge in [-0.2, -0.15) is 0 Å². The molecular formula is C15H24N2O2. The summed E-state index contributed by atoms with van der Waals surface area (Å²) in [5, 5.41) is 3.35. The van der Waals surface area contributed by atoms with Crippen molar-refractivity contribution in [1.82, 2.24) is 10.2 Å². The van der Waals surface area contributed by atoms with Gasteiger partial charge in [-0.25, -0.2) is 0 Å². The molecule has 1 amide bonds. The molecule has 106 valence electrons. The van der Waals surface area contributed by atoms with Gasteiger partial charge in [0.1, 0.15) is 11.5 Å². The lowest BCUT2D eigenvalue weighted by Crippen LogP contribution is -2.35. The summed E-state index contributed by atoms with van der Waals surface area (Å²) in [7, 11) is 1.88. The van der Waals surface area contributed by atoms with E-state index in [0.717, 1.165) is 37.6 Å². The summed E-state index contributed by atoms with van der Waals surface area (Å²) in [6, 6.07) is 3.95. The highest BCUT2D eigenvalue weighted by atomic mass is 16.3. The van der Waals surface area contributed by atoms with E-state index in [1.54, 1.807) is 0 Å². The molecule has 1 aromatic rings. The van der Waals surface area contributed by atoms with Gasteiger partial charge in [0.2, 0.25) is 5.91 Å². The number of amides is 1. The summed E-state index contributed by atoms with van der Waals surface area (Å²) < 4.78 is 5.52. The van der Waals surface area contributed by atoms with Crippen molar-refractivity contribution in [1.29, 1.82) is 0 Å². The number of carbonyl (C=O) groups excluding carboxylic acids is 1. The first kappa shape index (κ1) is 14.1. The number of carbonyl (C=O) groups is 1. The van der Waals surface area contributed by atoms with Crippen molar-refractivity contribution in [3.63, 3.8) is 0 Å². The molecule has 1 aromatic heterocycles. The van der Waals surface area contributed by atoms with E-state index in [1.165, 1.54) is 12.8 Å². The van der Waals surface area contributed by atoms with Crippen LogP contribution in [0.25, 0.3) is 0 Å². The second kappa shape index (κ2) is 6.75. The average Bonchev–Trinajstić information content (AvgIpc) is 2.83. The number of rotatable bonds is 5. The minimum Gasteiger partial charge on any atom is -0.466 e. The molecule has 4 nitrogen and oxygen atoms in total. The highest BCUT2D eigenvalue weighted by Gasteiger charge is 2.19. The summed E-state index contributed by atoms with van der Waals surface area (Å²) >= 11 is 0. The monoisotopic (exact) mass is 264 g/mol. The molecule has 0 bridgehead atoms. The Morgan fingerprint density at radius 1 is 1.53 bits per heavy atom. The number of likely N-dealkylation sites (N-methyl/N-ethyl adjacent to an activating group) is 1. The van der Waals surface area contributed by atoms with Crippen LogP contribution in [0.5, 0.6) is 0 Å². The highest BCUT2D eigenvalue weighted by molar-refractivity contribution is 5.76. The van der Waals surface area contributed by atoms with Gasteiger partial charge in [0.25, 0.3) is 0 Å². The van der Waals surface area contributed by atoms with E-state index in [0.29, 0.717) is 12.3 Å². The molecule has 1 N–H and O–H groups in total. The molecule has 1 fully saturated rings. The van der Waals surface area contributed by atoms with Gasteiger partial charge in [0.05, 0.1) is 0 Å². The zero-order valence-electron chi connectivity index (χ0n) is 11.9. The van der Waals surface area contributed by atoms with Gasteiger partial charge in [-0.15, -0.1) is 0 Å². The number of nitrogens with zero attached hydrogens (tertiary/aromatic N) is 1. The van der Waals surface area contributed by atoms with Crippen LogP contribution in [-0.4, -0.2) is 37.5 Å². The van der Waals surface area contributed by atoms with Gasteiger partial charge in [-0.05, 0) is 50.9 Å². The van der Waals surface area contributed by atoms with Gasteiger partial charge in [0, 0.05) is 26.4 Å². The lowest BCUT2D eigenvalue weighted by Gasteiger charge is -2.24. The molecule has 19 heavy (non-hydrogen) atoms. The summed E-state index contributed by atoms with van der Waals surface area (Å²) in [5.74, 6) is 2.64. The Morgan fingerprint density at radius 2 is 2.37 bits per heavy atom. The van der Waals surface area contributed by atoms with Crippen molar-refractivity contribution >= 4 is 5.91 Å². The minimum atomic E-state index is 0.247. The first-order valence-corrected chi connectivity index (χ1v) is 7.15. The van der Waals surface area contributed by atoms with Crippen LogP contribution in [0.3, 0.4) is 0 Å². The molecule has 1 atom stereocenters. The van der Waals surface area contributed by atoms with E-state index in [-0.39, 0.29) is 5.91 Å². The molecule has 0 spiro atoms. The molecule has 0 aromatic carbocycles. The predicted octanol–water partition coefficient (Wildman–Crippen LogP) is 1.98. The Morgan fingerprint density at radius 3 is 3.00 bits per heavy atom. The maximum atomic E-state index is 12.1. The van der Waals surface area contributed by atoms with E-state index in [1.807, 2.05) is 31.0 Å². The van der Waals surface area contributed by atoms with Crippen molar-refractivity contribution in [2.75, 3.05) is 26.7 Å². The van der Waals surface area contributed by atoms with E-state index in [2.05, 4.69) is 5.32 Å². The third kappa shape index (κ3) is 4.39. The number of piperidine rings is 1. The second-order valence-corrected chi connectivity index (χ2v) is 5.49. The van der Waals surface area contributed by atoms with Crippen LogP contribution in [0.4, 0.5) is 0 Å². The standard InChI is InChI=1S/C15H24N2O2/c1-12-5-6-14(19-12)7-9-17(2)15(18)10-13-4-3-8-16-11-13/h5-6,13,16H,3-4,7-11H2,1-2H3. The molecule has 0 aliphatic carbocycles. The Hall–Kier alpha value is -1.29. The Bertz CT molecular complexity index is 408. The van der Waals surface area contributed by atoms with Crippen molar-refractivity contribution in [2.45, 2.75) is 32.6 Å². The predicted molar refractivity (Wildman–Crippen MR) is 75.0 cm³/mol. The molecule has 0 saturated carbocycles. The molecular weight excluding hydrogens is 240 g/mol. The number of hydrogen-bond donors (Lipinski definition) is 1. The van der Waals surface area contributed by atoms with E-state index < -0.39 is 0 Å². The molecule has 0 radical (unpaired) electrons. The topological polar surface area (TPSA) is 45.5 Å². The fourth-order valence-corrected chi connectivity index (χ4v) is 2.52. The summed E-state index contributed by atoms with van der Waals surface area (Å²) in [4.78, 5) is 13.9. The fourth-order valence-electron chi connectivity index (χ4n) is 2.52. The highest BCUT2D eigenvalue weighted by Crippen LogP contribution is 2.15. The second-order valence-electron chi connectivity index (χ2n) is 5.49. The third-order valence-corrected chi connectivity index (χ3v) is 3.78. The van der Waals surface area contributed by atoms with Crippen LogP contribution in [-0.2, 0) is 11.2 Å². The summed E-state index contributed by atoms with van der Waals surface area (Å²) in [6.45, 7) is 4.75. The molecule has 4 heteroatoms. The lowest BCUT2D eigenvalue weighted by atomic mass is 9.95. The zero-order valence-corrected chi connectivity index (χ0v) is 11.9. The van der Waals surface area contributed by atoms with Gasteiger partial charge in [0.15, 0.2) is 0 Å². The largest absolute Gasteiger partial charge is 0.466 e. The molecule has 1 aliphatic rings. The van der Waals surface area contributed by atoms with Crippen LogP contribution in [0.15, 0.2) is 16.5 Å². The Labute approximate surface area is 115 Å². The fraction of sp³-hybridized carbons (Fsp3) is 0.667. The van der Waals surface area contributed by atoms with E-state index >= 15 is 0 Å². The van der Waals surface area contributed by atoms with E-state index in [9.17, 15) is 4.79 Å².